The fraction of sp³-hybridized carbons (Fsp3) is 0.812. The number of hydrogen-bond donors (Lipinski definition) is 0. The van der Waals surface area contributed by atoms with Gasteiger partial charge in [-0.15, -0.1) is 0 Å². The maximum absolute atomic E-state index is 12.6. The molecule has 0 radical (unpaired) electrons. The molecule has 0 aliphatic carbocycles. The van der Waals surface area contributed by atoms with E-state index in [4.69, 9.17) is 4.74 Å². The van der Waals surface area contributed by atoms with Crippen LogP contribution in [-0.2, 0) is 9.53 Å². The molecule has 0 aromatic rings. The lowest BCUT2D eigenvalue weighted by atomic mass is 10.2. The fourth-order valence-corrected chi connectivity index (χ4v) is 9.41. The minimum atomic E-state index is -1.64. The third-order valence-corrected chi connectivity index (χ3v) is 8.64. The molecule has 3 nitrogen and oxygen atoms in total. The number of cyclic esters (lactones) is 1. The zero-order chi connectivity index (χ0) is 16.7. The second kappa shape index (κ2) is 5.91. The Kier molecular flexibility index (Phi) is 5.21. The molecule has 21 heavy (non-hydrogen) atoms. The Labute approximate surface area is 132 Å². The Bertz CT molecular complexity index is 434. The Morgan fingerprint density at radius 3 is 1.67 bits per heavy atom. The summed E-state index contributed by atoms with van der Waals surface area (Å²) in [6, 6.07) is 0.666. The highest BCUT2D eigenvalue weighted by atomic mass is 28.3. The van der Waals surface area contributed by atoms with Crippen molar-refractivity contribution in [3.05, 3.63) is 11.1 Å². The Hall–Kier alpha value is -0.556. The zero-order valence-corrected chi connectivity index (χ0v) is 17.5. The zero-order valence-electron chi connectivity index (χ0n) is 15.5. The first-order chi connectivity index (χ1) is 9.28. The Morgan fingerprint density at radius 1 is 0.952 bits per heavy atom. The molecule has 0 N–H and O–H groups in total. The van der Waals surface area contributed by atoms with E-state index in [0.29, 0.717) is 12.1 Å². The van der Waals surface area contributed by atoms with E-state index in [0.717, 1.165) is 5.88 Å². The van der Waals surface area contributed by atoms with E-state index in [-0.39, 0.29) is 11.5 Å². The molecule has 5 heteroatoms. The van der Waals surface area contributed by atoms with Crippen LogP contribution in [0, 0.1) is 0 Å². The summed E-state index contributed by atoms with van der Waals surface area (Å²) in [5.74, 6) is 0.879. The molecular weight excluding hydrogens is 294 g/mol. The third kappa shape index (κ3) is 3.80. The summed E-state index contributed by atoms with van der Waals surface area (Å²) in [6.45, 7) is 22.5. The molecular formula is C16H33NO2Si2. The molecule has 0 amide bonds. The van der Waals surface area contributed by atoms with Crippen molar-refractivity contribution < 1.29 is 9.53 Å². The average molecular weight is 328 g/mol. The minimum absolute atomic E-state index is 0.00658. The van der Waals surface area contributed by atoms with Gasteiger partial charge >= 0.3 is 5.97 Å². The summed E-state index contributed by atoms with van der Waals surface area (Å²) in [7, 11) is -3.27. The van der Waals surface area contributed by atoms with Gasteiger partial charge in [0.25, 0.3) is 0 Å². The van der Waals surface area contributed by atoms with E-state index in [1.54, 1.807) is 0 Å². The predicted molar refractivity (Wildman–Crippen MR) is 95.7 cm³/mol. The maximum atomic E-state index is 12.6. The average Bonchev–Trinajstić information content (AvgIpc) is 2.52. The fourth-order valence-electron chi connectivity index (χ4n) is 3.25. The van der Waals surface area contributed by atoms with Gasteiger partial charge in [-0.25, -0.2) is 0 Å². The summed E-state index contributed by atoms with van der Waals surface area (Å²) in [6.07, 6.45) is 0. The van der Waals surface area contributed by atoms with Gasteiger partial charge in [0.05, 0.1) is 21.7 Å². The largest absolute Gasteiger partial charge is 0.410 e. The van der Waals surface area contributed by atoms with E-state index >= 15 is 0 Å². The highest BCUT2D eigenvalue weighted by Crippen LogP contribution is 2.45. The van der Waals surface area contributed by atoms with Gasteiger partial charge in [0.2, 0.25) is 0 Å². The molecule has 1 unspecified atom stereocenters. The molecule has 1 atom stereocenters. The van der Waals surface area contributed by atoms with Gasteiger partial charge in [-0.2, -0.15) is 0 Å². The van der Waals surface area contributed by atoms with Crippen LogP contribution in [0.4, 0.5) is 0 Å². The normalized spacial score (nSPS) is 20.6. The van der Waals surface area contributed by atoms with Crippen molar-refractivity contribution in [2.45, 2.75) is 84.6 Å². The standard InChI is InChI=1S/C16H33NO2Si2/c1-11(2)17(12(3)4)15-13(20(5,6)7)14(16(18)19-15)21(8,9)10/h11-12,14H,1-10H3. The molecule has 1 rings (SSSR count). The van der Waals surface area contributed by atoms with E-state index in [2.05, 4.69) is 71.9 Å². The molecule has 0 spiro atoms. The first kappa shape index (κ1) is 18.5. The number of rotatable bonds is 5. The lowest BCUT2D eigenvalue weighted by molar-refractivity contribution is -0.139. The van der Waals surface area contributed by atoms with E-state index in [1.165, 1.54) is 5.20 Å². The molecule has 0 bridgehead atoms. The summed E-state index contributed by atoms with van der Waals surface area (Å²) < 4.78 is 5.86. The van der Waals surface area contributed by atoms with Crippen molar-refractivity contribution >= 4 is 22.1 Å². The summed E-state index contributed by atoms with van der Waals surface area (Å²) in [5, 5.41) is 1.34. The number of carbonyl (C=O) groups excluding carboxylic acids is 1. The third-order valence-electron chi connectivity index (χ3n) is 3.97. The number of ether oxygens (including phenoxy) is 1. The van der Waals surface area contributed by atoms with Gasteiger partial charge in [-0.1, -0.05) is 39.3 Å². The minimum Gasteiger partial charge on any atom is -0.410 e. The van der Waals surface area contributed by atoms with Crippen LogP contribution in [0.2, 0.25) is 44.8 Å². The van der Waals surface area contributed by atoms with E-state index in [1.807, 2.05) is 0 Å². The van der Waals surface area contributed by atoms with Crippen molar-refractivity contribution in [3.63, 3.8) is 0 Å². The molecule has 1 heterocycles. The number of carbonyl (C=O) groups is 1. The molecule has 0 aromatic heterocycles. The second-order valence-electron chi connectivity index (χ2n) is 8.78. The predicted octanol–water partition coefficient (Wildman–Crippen LogP) is 4.46. The van der Waals surface area contributed by atoms with Gasteiger partial charge in [0.1, 0.15) is 0 Å². The molecule has 0 aromatic carbocycles. The smallest absolute Gasteiger partial charge is 0.316 e. The highest BCUT2D eigenvalue weighted by Gasteiger charge is 2.50. The van der Waals surface area contributed by atoms with Crippen molar-refractivity contribution in [3.8, 4) is 0 Å². The van der Waals surface area contributed by atoms with Gasteiger partial charge < -0.3 is 9.64 Å². The van der Waals surface area contributed by atoms with E-state index in [9.17, 15) is 4.79 Å². The van der Waals surface area contributed by atoms with Crippen molar-refractivity contribution in [1.82, 2.24) is 4.90 Å². The Morgan fingerprint density at radius 2 is 1.38 bits per heavy atom. The first-order valence-electron chi connectivity index (χ1n) is 8.03. The maximum Gasteiger partial charge on any atom is 0.316 e. The van der Waals surface area contributed by atoms with Gasteiger partial charge in [0.15, 0.2) is 5.88 Å². The lowest BCUT2D eigenvalue weighted by Gasteiger charge is -2.36. The first-order valence-corrected chi connectivity index (χ1v) is 15.1. The number of esters is 1. The van der Waals surface area contributed by atoms with Crippen LogP contribution in [0.15, 0.2) is 11.1 Å². The summed E-state index contributed by atoms with van der Waals surface area (Å²) in [4.78, 5) is 14.9. The Balaban J connectivity index is 3.52. The number of hydrogen-bond acceptors (Lipinski definition) is 3. The molecule has 122 valence electrons. The van der Waals surface area contributed by atoms with Crippen LogP contribution in [0.3, 0.4) is 0 Å². The van der Waals surface area contributed by atoms with Crippen LogP contribution in [0.25, 0.3) is 0 Å². The molecule has 0 fully saturated rings. The van der Waals surface area contributed by atoms with Crippen LogP contribution < -0.4 is 0 Å². The summed E-state index contributed by atoms with van der Waals surface area (Å²) in [5.41, 5.74) is 0.0270. The second-order valence-corrected chi connectivity index (χ2v) is 19.1. The van der Waals surface area contributed by atoms with Gasteiger partial charge in [0, 0.05) is 12.1 Å². The number of nitrogens with zero attached hydrogens (tertiary/aromatic N) is 1. The van der Waals surface area contributed by atoms with Gasteiger partial charge in [-0.05, 0) is 32.9 Å². The molecule has 1 aliphatic heterocycles. The summed E-state index contributed by atoms with van der Waals surface area (Å²) >= 11 is 0. The van der Waals surface area contributed by atoms with Crippen molar-refractivity contribution in [1.29, 1.82) is 0 Å². The van der Waals surface area contributed by atoms with Gasteiger partial charge in [-0.3, -0.25) is 4.79 Å². The molecule has 0 saturated carbocycles. The lowest BCUT2D eigenvalue weighted by Crippen LogP contribution is -2.42. The van der Waals surface area contributed by atoms with Crippen molar-refractivity contribution in [2.75, 3.05) is 0 Å². The van der Waals surface area contributed by atoms with Crippen LogP contribution >= 0.6 is 0 Å². The van der Waals surface area contributed by atoms with E-state index < -0.39 is 16.1 Å². The van der Waals surface area contributed by atoms with Crippen LogP contribution in [0.5, 0.6) is 0 Å². The van der Waals surface area contributed by atoms with Crippen LogP contribution in [-0.4, -0.2) is 39.1 Å². The molecule has 0 saturated heterocycles. The van der Waals surface area contributed by atoms with Crippen LogP contribution in [0.1, 0.15) is 27.7 Å². The van der Waals surface area contributed by atoms with Crippen molar-refractivity contribution in [2.24, 2.45) is 0 Å². The monoisotopic (exact) mass is 327 g/mol. The molecule has 1 aliphatic rings. The quantitative estimate of drug-likeness (QED) is 0.551. The highest BCUT2D eigenvalue weighted by molar-refractivity contribution is 6.90. The SMILES string of the molecule is CC(C)N(C1=C([Si](C)(C)C)C([Si](C)(C)C)C(=O)O1)C(C)C. The topological polar surface area (TPSA) is 29.5 Å².